The third-order valence-electron chi connectivity index (χ3n) is 3.95. The zero-order chi connectivity index (χ0) is 17.9. The number of hydrogen-bond acceptors (Lipinski definition) is 4. The van der Waals surface area contributed by atoms with Crippen LogP contribution >= 0.6 is 0 Å². The van der Waals surface area contributed by atoms with Gasteiger partial charge in [-0.15, -0.1) is 0 Å². The van der Waals surface area contributed by atoms with E-state index in [0.29, 0.717) is 11.5 Å². The number of hydrogen-bond donors (Lipinski definition) is 3. The third kappa shape index (κ3) is 3.06. The molecule has 3 N–H and O–H groups in total. The number of H-pyrrole nitrogens is 1. The first kappa shape index (κ1) is 15.7. The molecule has 0 atom stereocenters. The Kier molecular flexibility index (Phi) is 3.96. The molecule has 0 saturated carbocycles. The fourth-order valence-electron chi connectivity index (χ4n) is 2.78. The molecule has 1 amide bonds. The van der Waals surface area contributed by atoms with E-state index in [4.69, 9.17) is 0 Å². The second kappa shape index (κ2) is 6.57. The van der Waals surface area contributed by atoms with Gasteiger partial charge in [-0.2, -0.15) is 0 Å². The molecule has 2 aromatic carbocycles. The molecular weight excluding hydrogens is 326 g/mol. The van der Waals surface area contributed by atoms with Crippen LogP contribution in [0.2, 0.25) is 0 Å². The topological polar surface area (TPSA) is 82.7 Å². The molecule has 2 heterocycles. The van der Waals surface area contributed by atoms with E-state index in [0.717, 1.165) is 27.5 Å². The number of carbonyl (C=O) groups is 1. The molecule has 4 rings (SSSR count). The predicted octanol–water partition coefficient (Wildman–Crippen LogP) is 3.82. The second-order valence-corrected chi connectivity index (χ2v) is 5.69. The molecule has 0 bridgehead atoms. The van der Waals surface area contributed by atoms with Crippen LogP contribution in [0.5, 0.6) is 0 Å². The van der Waals surface area contributed by atoms with Gasteiger partial charge in [0.25, 0.3) is 5.91 Å². The number of nitrogens with zero attached hydrogens (tertiary/aromatic N) is 2. The summed E-state index contributed by atoms with van der Waals surface area (Å²) in [5.74, 6) is 5.36. The number of amides is 1. The Balaban J connectivity index is 1.70. The molecule has 0 spiro atoms. The molecule has 0 radical (unpaired) electrons. The second-order valence-electron chi connectivity index (χ2n) is 5.69. The highest BCUT2D eigenvalue weighted by atomic mass is 16.1. The number of carbonyl (C=O) groups excluding carboxylic acids is 1. The maximum absolute atomic E-state index is 11.7. The van der Waals surface area contributed by atoms with Crippen LogP contribution in [0.1, 0.15) is 6.92 Å². The van der Waals surface area contributed by atoms with E-state index in [2.05, 4.69) is 37.4 Å². The molecule has 6 nitrogen and oxygen atoms in total. The summed E-state index contributed by atoms with van der Waals surface area (Å²) in [5, 5.41) is 8.00. The summed E-state index contributed by atoms with van der Waals surface area (Å²) in [6, 6.07) is 13.5. The Bertz CT molecular complexity index is 1180. The minimum atomic E-state index is -0.351. The number of aromatic nitrogens is 3. The van der Waals surface area contributed by atoms with Crippen molar-refractivity contribution in [3.8, 4) is 11.8 Å². The van der Waals surface area contributed by atoms with Crippen molar-refractivity contribution in [2.24, 2.45) is 0 Å². The molecule has 0 aliphatic carbocycles. The van der Waals surface area contributed by atoms with Crippen molar-refractivity contribution in [2.45, 2.75) is 6.92 Å². The number of fused-ring (bicyclic) bond motifs is 2. The van der Waals surface area contributed by atoms with Crippen LogP contribution in [0.15, 0.2) is 55.0 Å². The Hall–Kier alpha value is -3.85. The number of anilines is 3. The van der Waals surface area contributed by atoms with Crippen LogP contribution in [0.4, 0.5) is 17.2 Å². The van der Waals surface area contributed by atoms with Crippen molar-refractivity contribution in [1.82, 2.24) is 15.0 Å². The maximum atomic E-state index is 11.7. The lowest BCUT2D eigenvalue weighted by Gasteiger charge is -2.10. The Morgan fingerprint density at radius 3 is 2.85 bits per heavy atom. The lowest BCUT2D eigenvalue weighted by molar-refractivity contribution is -0.111. The summed E-state index contributed by atoms with van der Waals surface area (Å²) in [4.78, 5) is 23.5. The zero-order valence-corrected chi connectivity index (χ0v) is 14.0. The van der Waals surface area contributed by atoms with Crippen LogP contribution in [0, 0.1) is 11.8 Å². The molecule has 26 heavy (non-hydrogen) atoms. The van der Waals surface area contributed by atoms with Gasteiger partial charge in [0.1, 0.15) is 12.1 Å². The van der Waals surface area contributed by atoms with Gasteiger partial charge in [0.05, 0.1) is 5.52 Å². The van der Waals surface area contributed by atoms with E-state index in [-0.39, 0.29) is 5.91 Å². The van der Waals surface area contributed by atoms with Crippen LogP contribution in [-0.2, 0) is 4.79 Å². The molecule has 2 aromatic heterocycles. The monoisotopic (exact) mass is 341 g/mol. The van der Waals surface area contributed by atoms with Gasteiger partial charge < -0.3 is 15.6 Å². The van der Waals surface area contributed by atoms with Gasteiger partial charge >= 0.3 is 0 Å². The number of benzene rings is 2. The van der Waals surface area contributed by atoms with Crippen LogP contribution in [0.3, 0.4) is 0 Å². The summed E-state index contributed by atoms with van der Waals surface area (Å²) in [6.07, 6.45) is 3.42. The molecular formula is C20H15N5O. The van der Waals surface area contributed by atoms with E-state index in [1.807, 2.05) is 42.6 Å². The first-order chi connectivity index (χ1) is 12.7. The molecule has 0 aliphatic rings. The van der Waals surface area contributed by atoms with Gasteiger partial charge in [-0.3, -0.25) is 4.79 Å². The third-order valence-corrected chi connectivity index (χ3v) is 3.95. The largest absolute Gasteiger partial charge is 0.361 e. The van der Waals surface area contributed by atoms with Crippen LogP contribution < -0.4 is 10.6 Å². The molecule has 0 unspecified atom stereocenters. The van der Waals surface area contributed by atoms with E-state index >= 15 is 0 Å². The Labute approximate surface area is 149 Å². The van der Waals surface area contributed by atoms with E-state index < -0.39 is 0 Å². The number of nitrogens with one attached hydrogen (secondary N) is 3. The highest BCUT2D eigenvalue weighted by Crippen LogP contribution is 2.27. The normalized spacial score (nSPS) is 10.3. The Morgan fingerprint density at radius 2 is 1.96 bits per heavy atom. The molecule has 0 saturated heterocycles. The SMILES string of the molecule is CC#CC(=O)Nc1ccc2ncnc(Nc3ccc4[nH]ccc4c3)c2c1. The van der Waals surface area contributed by atoms with Crippen LogP contribution in [-0.4, -0.2) is 20.9 Å². The van der Waals surface area contributed by atoms with Crippen LogP contribution in [0.25, 0.3) is 21.8 Å². The minimum Gasteiger partial charge on any atom is -0.361 e. The van der Waals surface area contributed by atoms with Gasteiger partial charge in [0.15, 0.2) is 0 Å². The van der Waals surface area contributed by atoms with Gasteiger partial charge in [-0.1, -0.05) is 5.92 Å². The van der Waals surface area contributed by atoms with Crippen molar-refractivity contribution in [3.63, 3.8) is 0 Å². The fraction of sp³-hybridized carbons (Fsp3) is 0.0500. The van der Waals surface area contributed by atoms with E-state index in [1.54, 1.807) is 13.0 Å². The first-order valence-electron chi connectivity index (χ1n) is 8.05. The fourth-order valence-corrected chi connectivity index (χ4v) is 2.78. The standard InChI is InChI=1S/C20H15N5O/c1-2-3-19(26)24-15-5-7-18-16(11-15)20(23-12-22-18)25-14-4-6-17-13(10-14)8-9-21-17/h4-12,21H,1H3,(H,24,26)(H,22,23,25). The summed E-state index contributed by atoms with van der Waals surface area (Å²) < 4.78 is 0. The lowest BCUT2D eigenvalue weighted by Crippen LogP contribution is -2.08. The number of rotatable bonds is 3. The quantitative estimate of drug-likeness (QED) is 0.495. The smallest absolute Gasteiger partial charge is 0.300 e. The van der Waals surface area contributed by atoms with Crippen molar-refractivity contribution >= 4 is 44.9 Å². The summed E-state index contributed by atoms with van der Waals surface area (Å²) in [5.41, 5.74) is 3.42. The van der Waals surface area contributed by atoms with E-state index in [1.165, 1.54) is 6.33 Å². The predicted molar refractivity (Wildman–Crippen MR) is 103 cm³/mol. The lowest BCUT2D eigenvalue weighted by atomic mass is 10.2. The summed E-state index contributed by atoms with van der Waals surface area (Å²) in [7, 11) is 0. The summed E-state index contributed by atoms with van der Waals surface area (Å²) >= 11 is 0. The van der Waals surface area contributed by atoms with Crippen molar-refractivity contribution in [3.05, 3.63) is 55.0 Å². The minimum absolute atomic E-state index is 0.351. The Morgan fingerprint density at radius 1 is 1.08 bits per heavy atom. The van der Waals surface area contributed by atoms with Gasteiger partial charge in [0, 0.05) is 33.9 Å². The maximum Gasteiger partial charge on any atom is 0.300 e. The number of aromatic amines is 1. The van der Waals surface area contributed by atoms with Gasteiger partial charge in [-0.25, -0.2) is 9.97 Å². The molecule has 4 aromatic rings. The van der Waals surface area contributed by atoms with Crippen molar-refractivity contribution < 1.29 is 4.79 Å². The highest BCUT2D eigenvalue weighted by Gasteiger charge is 2.07. The molecule has 0 aliphatic heterocycles. The highest BCUT2D eigenvalue weighted by molar-refractivity contribution is 6.05. The van der Waals surface area contributed by atoms with Gasteiger partial charge in [0.2, 0.25) is 0 Å². The molecule has 0 fully saturated rings. The van der Waals surface area contributed by atoms with Crippen molar-refractivity contribution in [1.29, 1.82) is 0 Å². The molecule has 6 heteroatoms. The average Bonchev–Trinajstić information content (AvgIpc) is 3.10. The average molecular weight is 341 g/mol. The summed E-state index contributed by atoms with van der Waals surface area (Å²) in [6.45, 7) is 1.62. The molecule has 126 valence electrons. The van der Waals surface area contributed by atoms with Crippen molar-refractivity contribution in [2.75, 3.05) is 10.6 Å². The zero-order valence-electron chi connectivity index (χ0n) is 14.0. The first-order valence-corrected chi connectivity index (χ1v) is 8.05. The van der Waals surface area contributed by atoms with Gasteiger partial charge in [-0.05, 0) is 55.3 Å². The van der Waals surface area contributed by atoms with E-state index in [9.17, 15) is 4.79 Å².